The van der Waals surface area contributed by atoms with E-state index < -0.39 is 23.8 Å². The fraction of sp³-hybridized carbons (Fsp3) is 0.238. The number of ketones is 1. The highest BCUT2D eigenvalue weighted by Gasteiger charge is 2.58. The van der Waals surface area contributed by atoms with E-state index in [0.29, 0.717) is 32.5 Å². The maximum absolute atomic E-state index is 13.4. The molecule has 0 unspecified atom stereocenters. The largest absolute Gasteiger partial charge is 0.293 e. The zero-order chi connectivity index (χ0) is 21.0. The van der Waals surface area contributed by atoms with E-state index in [1.165, 1.54) is 11.9 Å². The molecule has 2 atom stereocenters. The molecule has 0 bridgehead atoms. The number of halogens is 2. The Morgan fingerprint density at radius 2 is 1.48 bits per heavy atom. The Hall–Kier alpha value is -2.70. The van der Waals surface area contributed by atoms with Crippen LogP contribution in [0.15, 0.2) is 41.5 Å². The number of benzene rings is 2. The normalized spacial score (nSPS) is 20.9. The fourth-order valence-electron chi connectivity index (χ4n) is 3.82. The molecule has 0 aliphatic carbocycles. The van der Waals surface area contributed by atoms with Gasteiger partial charge in [0.05, 0.1) is 11.4 Å². The Morgan fingerprint density at radius 3 is 2.07 bits per heavy atom. The van der Waals surface area contributed by atoms with Gasteiger partial charge in [0, 0.05) is 17.0 Å². The summed E-state index contributed by atoms with van der Waals surface area (Å²) in [6.45, 7) is 4.88. The zero-order valence-electron chi connectivity index (χ0n) is 15.9. The van der Waals surface area contributed by atoms with Crippen molar-refractivity contribution in [1.82, 2.24) is 0 Å². The number of imide groups is 1. The summed E-state index contributed by atoms with van der Waals surface area (Å²) >= 11 is 12.4. The highest BCUT2D eigenvalue weighted by Crippen LogP contribution is 2.41. The van der Waals surface area contributed by atoms with Crippen molar-refractivity contribution in [2.75, 3.05) is 9.91 Å². The average Bonchev–Trinajstić information content (AvgIpc) is 3.18. The summed E-state index contributed by atoms with van der Waals surface area (Å²) in [5.41, 5.74) is 2.37. The first kappa shape index (κ1) is 19.6. The van der Waals surface area contributed by atoms with Gasteiger partial charge in [0.15, 0.2) is 5.78 Å². The van der Waals surface area contributed by atoms with Crippen molar-refractivity contribution in [3.05, 3.63) is 57.6 Å². The van der Waals surface area contributed by atoms with Crippen LogP contribution in [-0.2, 0) is 14.4 Å². The standard InChI is InChI=1S/C21H17Cl2N3O3/c1-10-13(22)6-4-8-15(10)25-20(28)17-18(12(3)27)24-26(19(17)21(25)29)16-9-5-7-14(23)11(16)2/h4-9,17,19H,1-3H3/t17-,19+/m1/s1. The summed E-state index contributed by atoms with van der Waals surface area (Å²) in [6, 6.07) is 9.31. The van der Waals surface area contributed by atoms with Gasteiger partial charge in [-0.2, -0.15) is 5.10 Å². The maximum atomic E-state index is 13.4. The van der Waals surface area contributed by atoms with Gasteiger partial charge in [0.1, 0.15) is 17.7 Å². The molecule has 29 heavy (non-hydrogen) atoms. The first-order chi connectivity index (χ1) is 13.7. The first-order valence-corrected chi connectivity index (χ1v) is 9.76. The second-order valence-electron chi connectivity index (χ2n) is 7.09. The SMILES string of the molecule is CC(=O)C1=NN(c2cccc(Cl)c2C)[C@@H]2C(=O)N(c3cccc(Cl)c3C)C(=O)[C@H]12. The molecular formula is C21H17Cl2N3O3. The Morgan fingerprint density at radius 1 is 0.931 bits per heavy atom. The third-order valence-corrected chi connectivity index (χ3v) is 6.19. The summed E-state index contributed by atoms with van der Waals surface area (Å²) < 4.78 is 0. The number of hydrogen-bond acceptors (Lipinski definition) is 5. The average molecular weight is 430 g/mol. The number of nitrogens with zero attached hydrogens (tertiary/aromatic N) is 3. The minimum atomic E-state index is -0.975. The quantitative estimate of drug-likeness (QED) is 0.692. The predicted octanol–water partition coefficient (Wildman–Crippen LogP) is 3.93. The Balaban J connectivity index is 1.87. The number of hydrazone groups is 1. The van der Waals surface area contributed by atoms with Crippen LogP contribution >= 0.6 is 23.2 Å². The molecule has 0 radical (unpaired) electrons. The van der Waals surface area contributed by atoms with E-state index in [0.717, 1.165) is 4.90 Å². The van der Waals surface area contributed by atoms with Crippen LogP contribution in [0, 0.1) is 19.8 Å². The highest BCUT2D eigenvalue weighted by atomic mass is 35.5. The molecular weight excluding hydrogens is 413 g/mol. The molecule has 2 aliphatic rings. The number of carbonyl (C=O) groups excluding carboxylic acids is 3. The maximum Gasteiger partial charge on any atom is 0.259 e. The van der Waals surface area contributed by atoms with Crippen molar-refractivity contribution in [2.24, 2.45) is 11.0 Å². The lowest BCUT2D eigenvalue weighted by molar-refractivity contribution is -0.122. The number of fused-ring (bicyclic) bond motifs is 1. The third kappa shape index (κ3) is 2.86. The lowest BCUT2D eigenvalue weighted by atomic mass is 9.95. The number of carbonyl (C=O) groups is 3. The molecule has 148 valence electrons. The molecule has 0 spiro atoms. The lowest BCUT2D eigenvalue weighted by Crippen LogP contribution is -2.39. The number of rotatable bonds is 3. The van der Waals surface area contributed by atoms with Crippen LogP contribution < -0.4 is 9.91 Å². The molecule has 2 amide bonds. The number of amides is 2. The van der Waals surface area contributed by atoms with Crippen molar-refractivity contribution in [2.45, 2.75) is 26.8 Å². The van der Waals surface area contributed by atoms with Crippen LogP contribution in [0.5, 0.6) is 0 Å². The molecule has 2 aromatic rings. The van der Waals surface area contributed by atoms with Gasteiger partial charge >= 0.3 is 0 Å². The van der Waals surface area contributed by atoms with Gasteiger partial charge in [-0.05, 0) is 49.2 Å². The number of Topliss-reactive ketones (excluding diaryl/α,β-unsaturated/α-hetero) is 1. The van der Waals surface area contributed by atoms with E-state index in [4.69, 9.17) is 23.2 Å². The third-order valence-electron chi connectivity index (χ3n) is 5.38. The van der Waals surface area contributed by atoms with Crippen molar-refractivity contribution < 1.29 is 14.4 Å². The molecule has 0 N–H and O–H groups in total. The van der Waals surface area contributed by atoms with Crippen molar-refractivity contribution >= 4 is 57.9 Å². The molecule has 2 aromatic carbocycles. The summed E-state index contributed by atoms with van der Waals surface area (Å²) in [7, 11) is 0. The van der Waals surface area contributed by atoms with Gasteiger partial charge in [0.2, 0.25) is 5.91 Å². The van der Waals surface area contributed by atoms with E-state index in [9.17, 15) is 14.4 Å². The Bertz CT molecular complexity index is 1110. The van der Waals surface area contributed by atoms with Crippen LogP contribution in [-0.4, -0.2) is 29.4 Å². The van der Waals surface area contributed by atoms with Crippen LogP contribution in [0.2, 0.25) is 10.0 Å². The summed E-state index contributed by atoms with van der Waals surface area (Å²) in [6.07, 6.45) is 0. The van der Waals surface area contributed by atoms with Gasteiger partial charge in [-0.15, -0.1) is 0 Å². The van der Waals surface area contributed by atoms with Crippen molar-refractivity contribution in [3.63, 3.8) is 0 Å². The van der Waals surface area contributed by atoms with Gasteiger partial charge in [-0.25, -0.2) is 4.90 Å². The smallest absolute Gasteiger partial charge is 0.259 e. The molecule has 2 aliphatic heterocycles. The van der Waals surface area contributed by atoms with Crippen molar-refractivity contribution in [1.29, 1.82) is 0 Å². The summed E-state index contributed by atoms with van der Waals surface area (Å²) in [4.78, 5) is 40.1. The summed E-state index contributed by atoms with van der Waals surface area (Å²) in [5, 5.41) is 6.76. The lowest BCUT2D eigenvalue weighted by Gasteiger charge is -2.24. The monoisotopic (exact) mass is 429 g/mol. The zero-order valence-corrected chi connectivity index (χ0v) is 17.5. The number of hydrogen-bond donors (Lipinski definition) is 0. The molecule has 8 heteroatoms. The summed E-state index contributed by atoms with van der Waals surface area (Å²) in [5.74, 6) is -2.27. The van der Waals surface area contributed by atoms with E-state index in [1.54, 1.807) is 50.2 Å². The van der Waals surface area contributed by atoms with Gasteiger partial charge < -0.3 is 0 Å². The van der Waals surface area contributed by atoms with Gasteiger partial charge in [-0.1, -0.05) is 35.3 Å². The van der Waals surface area contributed by atoms with Gasteiger partial charge in [-0.3, -0.25) is 19.4 Å². The van der Waals surface area contributed by atoms with Crippen LogP contribution in [0.1, 0.15) is 18.1 Å². The van der Waals surface area contributed by atoms with E-state index in [1.807, 2.05) is 0 Å². The van der Waals surface area contributed by atoms with Crippen LogP contribution in [0.25, 0.3) is 0 Å². The minimum Gasteiger partial charge on any atom is -0.293 e. The van der Waals surface area contributed by atoms with E-state index in [-0.39, 0.29) is 11.5 Å². The van der Waals surface area contributed by atoms with Crippen LogP contribution in [0.4, 0.5) is 11.4 Å². The van der Waals surface area contributed by atoms with Crippen LogP contribution in [0.3, 0.4) is 0 Å². The second kappa shape index (κ2) is 6.97. The first-order valence-electron chi connectivity index (χ1n) is 9.00. The molecule has 4 rings (SSSR count). The Kier molecular flexibility index (Phi) is 4.71. The minimum absolute atomic E-state index is 0.0647. The van der Waals surface area contributed by atoms with E-state index in [2.05, 4.69) is 5.10 Å². The van der Waals surface area contributed by atoms with Crippen molar-refractivity contribution in [3.8, 4) is 0 Å². The fourth-order valence-corrected chi connectivity index (χ4v) is 4.16. The molecule has 0 aromatic heterocycles. The Labute approximate surface area is 177 Å². The number of anilines is 2. The van der Waals surface area contributed by atoms with Gasteiger partial charge in [0.25, 0.3) is 5.91 Å². The van der Waals surface area contributed by atoms with E-state index >= 15 is 0 Å². The molecule has 6 nitrogen and oxygen atoms in total. The second-order valence-corrected chi connectivity index (χ2v) is 7.90. The topological polar surface area (TPSA) is 70.1 Å². The molecule has 1 saturated heterocycles. The molecule has 2 heterocycles. The highest BCUT2D eigenvalue weighted by molar-refractivity contribution is 6.49. The molecule has 1 fully saturated rings. The predicted molar refractivity (Wildman–Crippen MR) is 113 cm³/mol. The molecule has 0 saturated carbocycles.